The summed E-state index contributed by atoms with van der Waals surface area (Å²) in [4.78, 5) is 33.5. The number of aromatic nitrogens is 4. The predicted molar refractivity (Wildman–Crippen MR) is 139 cm³/mol. The van der Waals surface area contributed by atoms with Crippen molar-refractivity contribution < 1.29 is 18.0 Å². The Balaban J connectivity index is 1.28. The molecule has 8 nitrogen and oxygen atoms in total. The molecule has 4 aromatic rings. The highest BCUT2D eigenvalue weighted by Crippen LogP contribution is 2.35. The summed E-state index contributed by atoms with van der Waals surface area (Å²) in [7, 11) is 0. The Morgan fingerprint density at radius 2 is 1.95 bits per heavy atom. The number of H-pyrrole nitrogens is 1. The van der Waals surface area contributed by atoms with E-state index in [0.29, 0.717) is 41.3 Å². The van der Waals surface area contributed by atoms with Gasteiger partial charge in [-0.15, -0.1) is 11.8 Å². The van der Waals surface area contributed by atoms with Crippen LogP contribution in [-0.4, -0.2) is 44.4 Å². The average Bonchev–Trinajstić information content (AvgIpc) is 3.36. The number of para-hydroxylation sites is 1. The van der Waals surface area contributed by atoms with E-state index >= 15 is 0 Å². The number of alkyl halides is 3. The van der Waals surface area contributed by atoms with Gasteiger partial charge in [-0.25, -0.2) is 4.98 Å². The van der Waals surface area contributed by atoms with Crippen LogP contribution in [0.15, 0.2) is 78.4 Å². The van der Waals surface area contributed by atoms with E-state index in [1.54, 1.807) is 35.3 Å². The molecule has 1 amide bonds. The molecule has 0 saturated heterocycles. The molecule has 0 spiro atoms. The van der Waals surface area contributed by atoms with Gasteiger partial charge in [0.05, 0.1) is 34.4 Å². The smallest absolute Gasteiger partial charge is 0.359 e. The number of hydrogen-bond donors (Lipinski definition) is 2. The first-order valence-electron chi connectivity index (χ1n) is 11.9. The van der Waals surface area contributed by atoms with Crippen LogP contribution >= 0.6 is 11.8 Å². The molecule has 0 aliphatic carbocycles. The number of benzene rings is 2. The molecule has 2 aliphatic heterocycles. The third kappa shape index (κ3) is 4.67. The van der Waals surface area contributed by atoms with Crippen molar-refractivity contribution in [3.05, 3.63) is 89.6 Å². The lowest BCUT2D eigenvalue weighted by molar-refractivity contribution is -0.137. The summed E-state index contributed by atoms with van der Waals surface area (Å²) in [5.74, 6) is 0.876. The topological polar surface area (TPSA) is 90.0 Å². The van der Waals surface area contributed by atoms with Crippen LogP contribution in [0, 0.1) is 0 Å². The lowest BCUT2D eigenvalue weighted by atomic mass is 10.0. The van der Waals surface area contributed by atoms with Crippen LogP contribution in [-0.2, 0) is 16.7 Å². The summed E-state index contributed by atoms with van der Waals surface area (Å²) < 4.78 is 39.5. The normalized spacial score (nSPS) is 18.1. The van der Waals surface area contributed by atoms with Crippen molar-refractivity contribution in [3.8, 4) is 0 Å². The summed E-state index contributed by atoms with van der Waals surface area (Å²) in [6.07, 6.45) is 1.10. The van der Waals surface area contributed by atoms with Crippen molar-refractivity contribution in [1.29, 1.82) is 0 Å². The number of anilines is 2. The molecule has 0 saturated carbocycles. The maximum absolute atomic E-state index is 13.9. The molecule has 4 heterocycles. The van der Waals surface area contributed by atoms with Crippen molar-refractivity contribution in [2.75, 3.05) is 22.9 Å². The standard InChI is InChI=1S/C26H22F3N7OS/c27-26(28,29)16-6-7-21-22(12-16)33-24(32-21)35-11-8-20-19(14-35)23(37)36(18-4-2-1-3-5-18)25(34-20)38-15-17-13-30-9-10-31-17/h1-7,9-10,12-13,25,34H,8,11,14-15H2,(H,32,33). The zero-order valence-corrected chi connectivity index (χ0v) is 20.8. The SMILES string of the molecule is O=C1C2=C(CCN(c3nc4ccc(C(F)(F)F)cc4[nH]3)C2)NC(SCc2cnccn2)N1c1ccccc1. The number of imidazole rings is 1. The number of carbonyl (C=O) groups excluding carboxylic acids is 1. The highest BCUT2D eigenvalue weighted by Gasteiger charge is 2.38. The van der Waals surface area contributed by atoms with Gasteiger partial charge in [-0.05, 0) is 30.3 Å². The Morgan fingerprint density at radius 3 is 2.71 bits per heavy atom. The van der Waals surface area contributed by atoms with Gasteiger partial charge in [0, 0.05) is 48.7 Å². The molecule has 38 heavy (non-hydrogen) atoms. The van der Waals surface area contributed by atoms with Crippen molar-refractivity contribution in [2.24, 2.45) is 0 Å². The Morgan fingerprint density at radius 1 is 1.11 bits per heavy atom. The number of nitrogens with one attached hydrogen (secondary N) is 2. The Labute approximate surface area is 220 Å². The van der Waals surface area contributed by atoms with Crippen LogP contribution in [0.25, 0.3) is 11.0 Å². The molecule has 2 aromatic heterocycles. The van der Waals surface area contributed by atoms with Gasteiger partial charge in [-0.2, -0.15) is 13.2 Å². The fourth-order valence-corrected chi connectivity index (χ4v) is 5.68. The molecular weight excluding hydrogens is 515 g/mol. The second kappa shape index (κ2) is 9.67. The van der Waals surface area contributed by atoms with E-state index in [0.717, 1.165) is 29.2 Å². The average molecular weight is 538 g/mol. The van der Waals surface area contributed by atoms with E-state index in [1.807, 2.05) is 35.2 Å². The van der Waals surface area contributed by atoms with Gasteiger partial charge < -0.3 is 15.2 Å². The molecule has 6 rings (SSSR count). The van der Waals surface area contributed by atoms with E-state index in [9.17, 15) is 18.0 Å². The van der Waals surface area contributed by atoms with Gasteiger partial charge in [-0.1, -0.05) is 18.2 Å². The third-order valence-corrected chi connectivity index (χ3v) is 7.60. The summed E-state index contributed by atoms with van der Waals surface area (Å²) in [6.45, 7) is 0.829. The first-order valence-corrected chi connectivity index (χ1v) is 13.0. The molecule has 194 valence electrons. The van der Waals surface area contributed by atoms with Crippen LogP contribution in [0.4, 0.5) is 24.8 Å². The van der Waals surface area contributed by atoms with Gasteiger partial charge in [-0.3, -0.25) is 19.7 Å². The quantitative estimate of drug-likeness (QED) is 0.382. The van der Waals surface area contributed by atoms with E-state index in [1.165, 1.54) is 6.07 Å². The Hall–Kier alpha value is -4.06. The lowest BCUT2D eigenvalue weighted by Crippen LogP contribution is -2.55. The second-order valence-corrected chi connectivity index (χ2v) is 10.0. The first kappa shape index (κ1) is 24.3. The number of halogens is 3. The summed E-state index contributed by atoms with van der Waals surface area (Å²) >= 11 is 1.55. The number of carbonyl (C=O) groups is 1. The highest BCUT2D eigenvalue weighted by atomic mass is 32.2. The number of rotatable bonds is 5. The molecule has 1 unspecified atom stereocenters. The molecular formula is C26H22F3N7OS. The molecule has 2 aliphatic rings. The maximum Gasteiger partial charge on any atom is 0.416 e. The van der Waals surface area contributed by atoms with E-state index in [-0.39, 0.29) is 17.9 Å². The zero-order chi connectivity index (χ0) is 26.3. The molecule has 2 N–H and O–H groups in total. The molecule has 0 fully saturated rings. The second-order valence-electron chi connectivity index (χ2n) is 8.93. The van der Waals surface area contributed by atoms with Crippen LogP contribution in [0.1, 0.15) is 17.7 Å². The highest BCUT2D eigenvalue weighted by molar-refractivity contribution is 7.99. The van der Waals surface area contributed by atoms with Crippen LogP contribution in [0.5, 0.6) is 0 Å². The monoisotopic (exact) mass is 537 g/mol. The van der Waals surface area contributed by atoms with Gasteiger partial charge in [0.25, 0.3) is 5.91 Å². The van der Waals surface area contributed by atoms with E-state index in [2.05, 4.69) is 25.3 Å². The van der Waals surface area contributed by atoms with Crippen molar-refractivity contribution in [1.82, 2.24) is 25.3 Å². The Bertz CT molecular complexity index is 1510. The third-order valence-electron chi connectivity index (χ3n) is 6.49. The van der Waals surface area contributed by atoms with Crippen LogP contribution < -0.4 is 15.1 Å². The van der Waals surface area contributed by atoms with Gasteiger partial charge in [0.2, 0.25) is 5.95 Å². The molecule has 12 heteroatoms. The molecule has 0 bridgehead atoms. The number of hydrogen-bond acceptors (Lipinski definition) is 7. The van der Waals surface area contributed by atoms with Gasteiger partial charge in [0.1, 0.15) is 0 Å². The van der Waals surface area contributed by atoms with Crippen molar-refractivity contribution in [3.63, 3.8) is 0 Å². The minimum Gasteiger partial charge on any atom is -0.359 e. The summed E-state index contributed by atoms with van der Waals surface area (Å²) in [5, 5.41) is 3.54. The largest absolute Gasteiger partial charge is 0.416 e. The number of nitrogens with zero attached hydrogens (tertiary/aromatic N) is 5. The van der Waals surface area contributed by atoms with Gasteiger partial charge >= 0.3 is 6.18 Å². The van der Waals surface area contributed by atoms with E-state index in [4.69, 9.17) is 0 Å². The lowest BCUT2D eigenvalue weighted by Gasteiger charge is -2.42. The number of aromatic amines is 1. The maximum atomic E-state index is 13.9. The van der Waals surface area contributed by atoms with Crippen molar-refractivity contribution >= 4 is 40.3 Å². The predicted octanol–water partition coefficient (Wildman–Crippen LogP) is 4.69. The van der Waals surface area contributed by atoms with Gasteiger partial charge in [0.15, 0.2) is 5.50 Å². The number of thioether (sulfide) groups is 1. The molecule has 1 atom stereocenters. The summed E-state index contributed by atoms with van der Waals surface area (Å²) in [5.41, 5.74) is 2.70. The molecule has 2 aromatic carbocycles. The van der Waals surface area contributed by atoms with Crippen molar-refractivity contribution in [2.45, 2.75) is 23.8 Å². The fraction of sp³-hybridized carbons (Fsp3) is 0.231. The van der Waals surface area contributed by atoms with E-state index < -0.39 is 11.7 Å². The zero-order valence-electron chi connectivity index (χ0n) is 19.9. The number of amides is 1. The van der Waals surface area contributed by atoms with Crippen LogP contribution in [0.3, 0.4) is 0 Å². The van der Waals surface area contributed by atoms with Crippen LogP contribution in [0.2, 0.25) is 0 Å². The minimum atomic E-state index is -4.44. The number of fused-ring (bicyclic) bond motifs is 1. The Kier molecular flexibility index (Phi) is 6.18. The summed E-state index contributed by atoms with van der Waals surface area (Å²) in [6, 6.07) is 12.9. The molecule has 0 radical (unpaired) electrons. The first-order chi connectivity index (χ1) is 18.4. The minimum absolute atomic E-state index is 0.123. The fourth-order valence-electron chi connectivity index (χ4n) is 4.61.